The topological polar surface area (TPSA) is 65.7 Å². The molecule has 0 saturated heterocycles. The number of benzene rings is 3. The van der Waals surface area contributed by atoms with Crippen molar-refractivity contribution in [2.45, 2.75) is 32.8 Å². The van der Waals surface area contributed by atoms with Crippen molar-refractivity contribution < 1.29 is 9.47 Å². The molecule has 0 aliphatic rings. The first kappa shape index (κ1) is 26.2. The van der Waals surface area contributed by atoms with Gasteiger partial charge in [-0.3, -0.25) is 4.79 Å². The molecule has 0 atom stereocenters. The number of hydrogen-bond acceptors (Lipinski definition) is 5. The lowest BCUT2D eigenvalue weighted by atomic mass is 9.95. The summed E-state index contributed by atoms with van der Waals surface area (Å²) in [6.45, 7) is 6.20. The summed E-state index contributed by atoms with van der Waals surface area (Å²) in [6.07, 6.45) is 1.58. The zero-order valence-electron chi connectivity index (χ0n) is 20.2. The van der Waals surface area contributed by atoms with E-state index in [4.69, 9.17) is 37.7 Å². The lowest BCUT2D eigenvalue weighted by Crippen LogP contribution is -2.29. The summed E-state index contributed by atoms with van der Waals surface area (Å²) in [5.41, 5.74) is 1.40. The van der Waals surface area contributed by atoms with Crippen molar-refractivity contribution in [1.29, 1.82) is 0 Å². The van der Waals surface area contributed by atoms with Crippen LogP contribution in [-0.4, -0.2) is 23.0 Å². The van der Waals surface area contributed by atoms with Gasteiger partial charge in [0, 0.05) is 15.5 Å². The smallest absolute Gasteiger partial charge is 0.282 e. The van der Waals surface area contributed by atoms with Crippen molar-refractivity contribution >= 4 is 56.2 Å². The van der Waals surface area contributed by atoms with E-state index in [0.29, 0.717) is 43.8 Å². The summed E-state index contributed by atoms with van der Waals surface area (Å²) >= 11 is 15.6. The molecule has 0 fully saturated rings. The second-order valence-corrected chi connectivity index (χ2v) is 10.9. The molecule has 1 heterocycles. The van der Waals surface area contributed by atoms with Gasteiger partial charge in [-0.1, -0.05) is 72.0 Å². The Morgan fingerprint density at radius 1 is 1.08 bits per heavy atom. The average molecular weight is 589 g/mol. The maximum Gasteiger partial charge on any atom is 0.282 e. The SMILES string of the molecule is COc1cccc(C=Nn2c(C(C)(C)C)nc3ccc(Br)cc3c2=O)c1OCc1ccc(Cl)c(Cl)c1. The maximum absolute atomic E-state index is 13.5. The van der Waals surface area contributed by atoms with Gasteiger partial charge in [0.05, 0.1) is 34.3 Å². The molecule has 9 heteroatoms. The molecule has 0 unspecified atom stereocenters. The summed E-state index contributed by atoms with van der Waals surface area (Å²) in [4.78, 5) is 18.2. The fourth-order valence-electron chi connectivity index (χ4n) is 3.60. The number of aromatic nitrogens is 2. The zero-order valence-corrected chi connectivity index (χ0v) is 23.3. The van der Waals surface area contributed by atoms with Gasteiger partial charge in [0.1, 0.15) is 12.4 Å². The van der Waals surface area contributed by atoms with Crippen molar-refractivity contribution in [1.82, 2.24) is 9.66 Å². The van der Waals surface area contributed by atoms with Crippen LogP contribution in [0.15, 0.2) is 69.0 Å². The highest BCUT2D eigenvalue weighted by Gasteiger charge is 2.23. The molecule has 6 nitrogen and oxygen atoms in total. The summed E-state index contributed by atoms with van der Waals surface area (Å²) < 4.78 is 13.8. The molecule has 0 bridgehead atoms. The molecule has 4 aromatic rings. The van der Waals surface area contributed by atoms with E-state index >= 15 is 0 Å². The molecule has 0 aliphatic heterocycles. The van der Waals surface area contributed by atoms with Crippen molar-refractivity contribution in [3.63, 3.8) is 0 Å². The molecule has 0 aliphatic carbocycles. The predicted octanol–water partition coefficient (Wildman–Crippen LogP) is 7.23. The average Bonchev–Trinajstić information content (AvgIpc) is 2.84. The minimum atomic E-state index is -0.431. The number of hydrogen-bond donors (Lipinski definition) is 0. The van der Waals surface area contributed by atoms with Gasteiger partial charge in [0.25, 0.3) is 5.56 Å². The van der Waals surface area contributed by atoms with Gasteiger partial charge in [0.2, 0.25) is 0 Å². The van der Waals surface area contributed by atoms with Crippen LogP contribution in [0.5, 0.6) is 11.5 Å². The van der Waals surface area contributed by atoms with Crippen LogP contribution in [-0.2, 0) is 12.0 Å². The summed E-state index contributed by atoms with van der Waals surface area (Å²) in [7, 11) is 1.57. The first-order valence-electron chi connectivity index (χ1n) is 11.1. The van der Waals surface area contributed by atoms with Gasteiger partial charge in [-0.05, 0) is 48.0 Å². The van der Waals surface area contributed by atoms with E-state index in [9.17, 15) is 4.79 Å². The molecule has 4 rings (SSSR count). The Kier molecular flexibility index (Phi) is 7.73. The number of nitrogens with zero attached hydrogens (tertiary/aromatic N) is 3. The van der Waals surface area contributed by atoms with Crippen LogP contribution in [0.3, 0.4) is 0 Å². The van der Waals surface area contributed by atoms with Gasteiger partial charge < -0.3 is 9.47 Å². The van der Waals surface area contributed by atoms with Gasteiger partial charge in [-0.2, -0.15) is 9.78 Å². The van der Waals surface area contributed by atoms with Crippen LogP contribution < -0.4 is 15.0 Å². The van der Waals surface area contributed by atoms with Crippen molar-refractivity contribution in [3.8, 4) is 11.5 Å². The van der Waals surface area contributed by atoms with Crippen LogP contribution in [0.25, 0.3) is 10.9 Å². The van der Waals surface area contributed by atoms with Gasteiger partial charge in [0.15, 0.2) is 11.5 Å². The number of halogens is 3. The predicted molar refractivity (Wildman–Crippen MR) is 149 cm³/mol. The van der Waals surface area contributed by atoms with Gasteiger partial charge in [-0.25, -0.2) is 4.98 Å². The van der Waals surface area contributed by atoms with E-state index in [1.54, 1.807) is 37.6 Å². The zero-order chi connectivity index (χ0) is 26.0. The molecular formula is C27H24BrCl2N3O3. The molecule has 0 amide bonds. The second-order valence-electron chi connectivity index (χ2n) is 9.12. The lowest BCUT2D eigenvalue weighted by Gasteiger charge is -2.21. The van der Waals surface area contributed by atoms with Gasteiger partial charge in [-0.15, -0.1) is 0 Å². The first-order valence-corrected chi connectivity index (χ1v) is 12.6. The minimum absolute atomic E-state index is 0.233. The molecular weight excluding hydrogens is 565 g/mol. The molecule has 0 saturated carbocycles. The van der Waals surface area contributed by atoms with Crippen LogP contribution in [0.4, 0.5) is 0 Å². The molecule has 0 spiro atoms. The van der Waals surface area contributed by atoms with Crippen LogP contribution in [0.2, 0.25) is 10.0 Å². The van der Waals surface area contributed by atoms with Gasteiger partial charge >= 0.3 is 0 Å². The third kappa shape index (κ3) is 5.59. The Labute approximate surface area is 227 Å². The second kappa shape index (κ2) is 10.6. The highest BCUT2D eigenvalue weighted by Crippen LogP contribution is 2.32. The van der Waals surface area contributed by atoms with Crippen molar-refractivity contribution in [3.05, 3.63) is 96.4 Å². The normalized spacial score (nSPS) is 11.9. The van der Waals surface area contributed by atoms with Crippen molar-refractivity contribution in [2.24, 2.45) is 5.10 Å². The van der Waals surface area contributed by atoms with E-state index in [2.05, 4.69) is 21.0 Å². The number of methoxy groups -OCH3 is 1. The number of rotatable bonds is 6. The first-order chi connectivity index (χ1) is 17.1. The molecule has 186 valence electrons. The molecule has 0 radical (unpaired) electrons. The van der Waals surface area contributed by atoms with E-state index in [0.717, 1.165) is 10.0 Å². The number of ether oxygens (including phenoxy) is 2. The Hall–Kier alpha value is -2.87. The summed E-state index contributed by atoms with van der Waals surface area (Å²) in [5, 5.41) is 5.96. The Morgan fingerprint density at radius 2 is 1.86 bits per heavy atom. The Balaban J connectivity index is 1.78. The molecule has 3 aromatic carbocycles. The quantitative estimate of drug-likeness (QED) is 0.223. The largest absolute Gasteiger partial charge is 0.493 e. The third-order valence-electron chi connectivity index (χ3n) is 5.39. The van der Waals surface area contributed by atoms with E-state index < -0.39 is 5.41 Å². The third-order valence-corrected chi connectivity index (χ3v) is 6.62. The van der Waals surface area contributed by atoms with Crippen molar-refractivity contribution in [2.75, 3.05) is 7.11 Å². The van der Waals surface area contributed by atoms with Crippen LogP contribution in [0.1, 0.15) is 37.7 Å². The summed E-state index contributed by atoms with van der Waals surface area (Å²) in [6, 6.07) is 16.2. The number of fused-ring (bicyclic) bond motifs is 1. The monoisotopic (exact) mass is 587 g/mol. The fourth-order valence-corrected chi connectivity index (χ4v) is 4.28. The fraction of sp³-hybridized carbons (Fsp3) is 0.222. The van der Waals surface area contributed by atoms with E-state index in [1.807, 2.05) is 51.1 Å². The molecule has 1 aromatic heterocycles. The van der Waals surface area contributed by atoms with E-state index in [-0.39, 0.29) is 12.2 Å². The molecule has 0 N–H and O–H groups in total. The Bertz CT molecular complexity index is 1530. The maximum atomic E-state index is 13.5. The minimum Gasteiger partial charge on any atom is -0.493 e. The Morgan fingerprint density at radius 3 is 2.56 bits per heavy atom. The van der Waals surface area contributed by atoms with E-state index in [1.165, 1.54) is 4.68 Å². The highest BCUT2D eigenvalue weighted by molar-refractivity contribution is 9.10. The molecule has 36 heavy (non-hydrogen) atoms. The van der Waals surface area contributed by atoms with Crippen LogP contribution >= 0.6 is 39.1 Å². The lowest BCUT2D eigenvalue weighted by molar-refractivity contribution is 0.284. The number of para-hydroxylation sites is 1. The summed E-state index contributed by atoms with van der Waals surface area (Å²) in [5.74, 6) is 1.55. The highest BCUT2D eigenvalue weighted by atomic mass is 79.9. The standard InChI is InChI=1S/C27H24BrCl2N3O3/c1-27(2,3)26-32-22-11-9-18(28)13-19(22)25(34)33(26)31-14-17-6-5-7-23(35-4)24(17)36-15-16-8-10-20(29)21(30)12-16/h5-14H,15H2,1-4H3. The van der Waals surface area contributed by atoms with Crippen LogP contribution in [0, 0.1) is 0 Å².